The Morgan fingerprint density at radius 2 is 2.17 bits per heavy atom. The molecule has 7 heteroatoms. The van der Waals surface area contributed by atoms with E-state index in [-0.39, 0.29) is 6.54 Å². The van der Waals surface area contributed by atoms with E-state index in [4.69, 9.17) is 5.11 Å². The molecular weight excluding hydrogens is 236 g/mol. The average Bonchev–Trinajstić information content (AvgIpc) is 2.72. The first-order chi connectivity index (χ1) is 8.58. The Bertz CT molecular complexity index is 593. The zero-order valence-electron chi connectivity index (χ0n) is 9.70. The van der Waals surface area contributed by atoms with Crippen molar-refractivity contribution in [1.82, 2.24) is 20.3 Å². The SMILES string of the molecule is C[C@H](NC(=O)Cn1nnc2ccccc21)C(=O)O. The minimum absolute atomic E-state index is 0.0574. The van der Waals surface area contributed by atoms with Gasteiger partial charge in [0.05, 0.1) is 5.52 Å². The first-order valence-electron chi connectivity index (χ1n) is 5.38. The number of hydrogen-bond acceptors (Lipinski definition) is 4. The number of carbonyl (C=O) groups excluding carboxylic acids is 1. The summed E-state index contributed by atoms with van der Waals surface area (Å²) in [5.74, 6) is -1.49. The Morgan fingerprint density at radius 1 is 1.44 bits per heavy atom. The molecule has 0 spiro atoms. The molecule has 0 unspecified atom stereocenters. The van der Waals surface area contributed by atoms with Crippen molar-refractivity contribution < 1.29 is 14.7 Å². The highest BCUT2D eigenvalue weighted by molar-refractivity contribution is 5.84. The molecule has 1 amide bonds. The summed E-state index contributed by atoms with van der Waals surface area (Å²) in [6.45, 7) is 1.35. The van der Waals surface area contributed by atoms with Crippen LogP contribution in [0.15, 0.2) is 24.3 Å². The highest BCUT2D eigenvalue weighted by atomic mass is 16.4. The van der Waals surface area contributed by atoms with Gasteiger partial charge in [0, 0.05) is 0 Å². The molecule has 1 heterocycles. The smallest absolute Gasteiger partial charge is 0.325 e. The summed E-state index contributed by atoms with van der Waals surface area (Å²) in [4.78, 5) is 22.2. The number of amides is 1. The van der Waals surface area contributed by atoms with Gasteiger partial charge in [-0.2, -0.15) is 0 Å². The van der Waals surface area contributed by atoms with Gasteiger partial charge in [-0.1, -0.05) is 17.3 Å². The van der Waals surface area contributed by atoms with E-state index in [0.29, 0.717) is 5.52 Å². The van der Waals surface area contributed by atoms with Crippen LogP contribution in [0.25, 0.3) is 11.0 Å². The van der Waals surface area contributed by atoms with E-state index in [1.807, 2.05) is 12.1 Å². The number of benzene rings is 1. The summed E-state index contributed by atoms with van der Waals surface area (Å²) in [6.07, 6.45) is 0. The highest BCUT2D eigenvalue weighted by Gasteiger charge is 2.15. The summed E-state index contributed by atoms with van der Waals surface area (Å²) in [5.41, 5.74) is 1.42. The van der Waals surface area contributed by atoms with E-state index in [0.717, 1.165) is 5.52 Å². The minimum atomic E-state index is -1.08. The van der Waals surface area contributed by atoms with E-state index in [1.54, 1.807) is 12.1 Å². The van der Waals surface area contributed by atoms with Crippen LogP contribution in [-0.4, -0.2) is 38.0 Å². The lowest BCUT2D eigenvalue weighted by atomic mass is 10.3. The molecule has 0 bridgehead atoms. The lowest BCUT2D eigenvalue weighted by Crippen LogP contribution is -2.40. The van der Waals surface area contributed by atoms with E-state index >= 15 is 0 Å². The van der Waals surface area contributed by atoms with Crippen molar-refractivity contribution in [2.24, 2.45) is 0 Å². The number of nitrogens with zero attached hydrogens (tertiary/aromatic N) is 3. The third-order valence-corrected chi connectivity index (χ3v) is 2.46. The molecule has 1 atom stereocenters. The minimum Gasteiger partial charge on any atom is -0.480 e. The fourth-order valence-corrected chi connectivity index (χ4v) is 1.52. The maximum Gasteiger partial charge on any atom is 0.325 e. The zero-order chi connectivity index (χ0) is 13.1. The van der Waals surface area contributed by atoms with Crippen molar-refractivity contribution in [3.63, 3.8) is 0 Å². The molecule has 1 aromatic carbocycles. The molecule has 2 rings (SSSR count). The van der Waals surface area contributed by atoms with E-state index < -0.39 is 17.9 Å². The molecule has 0 aliphatic rings. The predicted molar refractivity (Wildman–Crippen MR) is 62.8 cm³/mol. The van der Waals surface area contributed by atoms with Crippen molar-refractivity contribution in [1.29, 1.82) is 0 Å². The first kappa shape index (κ1) is 12.0. The number of carbonyl (C=O) groups is 2. The number of aliphatic carboxylic acids is 1. The molecule has 0 saturated carbocycles. The fourth-order valence-electron chi connectivity index (χ4n) is 1.52. The van der Waals surface area contributed by atoms with Crippen LogP contribution in [0.3, 0.4) is 0 Å². The van der Waals surface area contributed by atoms with Crippen LogP contribution in [0.4, 0.5) is 0 Å². The van der Waals surface area contributed by atoms with Crippen LogP contribution in [0.1, 0.15) is 6.92 Å². The Kier molecular flexibility index (Phi) is 3.22. The van der Waals surface area contributed by atoms with E-state index in [9.17, 15) is 9.59 Å². The lowest BCUT2D eigenvalue weighted by Gasteiger charge is -2.09. The van der Waals surface area contributed by atoms with Gasteiger partial charge in [-0.15, -0.1) is 5.10 Å². The summed E-state index contributed by atoms with van der Waals surface area (Å²) in [7, 11) is 0. The van der Waals surface area contributed by atoms with Gasteiger partial charge in [0.25, 0.3) is 0 Å². The maximum atomic E-state index is 11.6. The summed E-state index contributed by atoms with van der Waals surface area (Å²) >= 11 is 0. The molecule has 0 radical (unpaired) electrons. The van der Waals surface area contributed by atoms with Gasteiger partial charge in [-0.25, -0.2) is 4.68 Å². The van der Waals surface area contributed by atoms with Crippen LogP contribution in [0, 0.1) is 0 Å². The number of carboxylic acid groups (broad SMARTS) is 1. The van der Waals surface area contributed by atoms with Crippen LogP contribution < -0.4 is 5.32 Å². The molecule has 0 fully saturated rings. The third kappa shape index (κ3) is 2.45. The normalized spacial score (nSPS) is 12.3. The van der Waals surface area contributed by atoms with Crippen LogP contribution in [0.5, 0.6) is 0 Å². The lowest BCUT2D eigenvalue weighted by molar-refractivity contribution is -0.141. The second-order valence-corrected chi connectivity index (χ2v) is 3.86. The Hall–Kier alpha value is -2.44. The Morgan fingerprint density at radius 3 is 2.89 bits per heavy atom. The maximum absolute atomic E-state index is 11.6. The first-order valence-corrected chi connectivity index (χ1v) is 5.38. The standard InChI is InChI=1S/C11H12N4O3/c1-7(11(17)18)12-10(16)6-15-9-5-3-2-4-8(9)13-14-15/h2-5,7H,6H2,1H3,(H,12,16)(H,17,18)/t7-/m0/s1. The third-order valence-electron chi connectivity index (χ3n) is 2.46. The molecule has 0 aliphatic carbocycles. The number of rotatable bonds is 4. The zero-order valence-corrected chi connectivity index (χ0v) is 9.70. The van der Waals surface area contributed by atoms with Crippen LogP contribution in [-0.2, 0) is 16.1 Å². The molecular formula is C11H12N4O3. The number of para-hydroxylation sites is 1. The fraction of sp³-hybridized carbons (Fsp3) is 0.273. The van der Waals surface area contributed by atoms with Gasteiger partial charge in [0.15, 0.2) is 0 Å². The summed E-state index contributed by atoms with van der Waals surface area (Å²) in [6, 6.07) is 6.31. The molecule has 0 saturated heterocycles. The number of fused-ring (bicyclic) bond motifs is 1. The Balaban J connectivity index is 2.10. The topological polar surface area (TPSA) is 97.1 Å². The van der Waals surface area contributed by atoms with Gasteiger partial charge in [0.2, 0.25) is 5.91 Å². The highest BCUT2D eigenvalue weighted by Crippen LogP contribution is 2.09. The van der Waals surface area contributed by atoms with E-state index in [1.165, 1.54) is 11.6 Å². The summed E-state index contributed by atoms with van der Waals surface area (Å²) < 4.78 is 1.43. The Labute approximate surface area is 102 Å². The quantitative estimate of drug-likeness (QED) is 0.795. The predicted octanol–water partition coefficient (Wildman–Crippen LogP) is 0.0206. The molecule has 0 aliphatic heterocycles. The van der Waals surface area contributed by atoms with E-state index in [2.05, 4.69) is 15.6 Å². The molecule has 2 aromatic rings. The van der Waals surface area contributed by atoms with Crippen LogP contribution in [0.2, 0.25) is 0 Å². The molecule has 1 aromatic heterocycles. The number of hydrogen-bond donors (Lipinski definition) is 2. The van der Waals surface area contributed by atoms with Crippen molar-refractivity contribution in [3.8, 4) is 0 Å². The van der Waals surface area contributed by atoms with Gasteiger partial charge in [-0.05, 0) is 19.1 Å². The molecule has 18 heavy (non-hydrogen) atoms. The number of carboxylic acids is 1. The monoisotopic (exact) mass is 248 g/mol. The van der Waals surface area contributed by atoms with Crippen molar-refractivity contribution in [2.75, 3.05) is 0 Å². The largest absolute Gasteiger partial charge is 0.480 e. The van der Waals surface area contributed by atoms with Crippen molar-refractivity contribution >= 4 is 22.9 Å². The van der Waals surface area contributed by atoms with Gasteiger partial charge < -0.3 is 10.4 Å². The van der Waals surface area contributed by atoms with Gasteiger partial charge in [0.1, 0.15) is 18.1 Å². The molecule has 94 valence electrons. The van der Waals surface area contributed by atoms with Gasteiger partial charge >= 0.3 is 5.97 Å². The van der Waals surface area contributed by atoms with Crippen molar-refractivity contribution in [2.45, 2.75) is 19.5 Å². The number of aromatic nitrogens is 3. The second kappa shape index (κ2) is 4.82. The second-order valence-electron chi connectivity index (χ2n) is 3.86. The average molecular weight is 248 g/mol. The number of nitrogens with one attached hydrogen (secondary N) is 1. The summed E-state index contributed by atoms with van der Waals surface area (Å²) in [5, 5.41) is 18.8. The molecule has 2 N–H and O–H groups in total. The molecule has 7 nitrogen and oxygen atoms in total. The van der Waals surface area contributed by atoms with Crippen LogP contribution >= 0.6 is 0 Å². The van der Waals surface area contributed by atoms with Crippen molar-refractivity contribution in [3.05, 3.63) is 24.3 Å². The van der Waals surface area contributed by atoms with Gasteiger partial charge in [-0.3, -0.25) is 9.59 Å².